The molecule has 3 heterocycles. The van der Waals surface area contributed by atoms with Crippen molar-refractivity contribution in [1.29, 1.82) is 0 Å². The third-order valence-corrected chi connectivity index (χ3v) is 6.29. The molecule has 3 aliphatic rings. The highest BCUT2D eigenvalue weighted by atomic mass is 16.2. The average molecular weight is 389 g/mol. The quantitative estimate of drug-likeness (QED) is 0.853. The van der Waals surface area contributed by atoms with Crippen molar-refractivity contribution in [2.75, 3.05) is 13.1 Å². The minimum absolute atomic E-state index is 0.0603. The van der Waals surface area contributed by atoms with Gasteiger partial charge in [-0.3, -0.25) is 9.59 Å². The monoisotopic (exact) mass is 389 g/mol. The number of piperidine rings is 1. The number of hydrogen-bond donors (Lipinski definition) is 1. The second-order valence-electron chi connectivity index (χ2n) is 8.14. The van der Waals surface area contributed by atoms with Gasteiger partial charge in [0.25, 0.3) is 5.91 Å². The molecule has 148 valence electrons. The Morgan fingerprint density at radius 3 is 2.76 bits per heavy atom. The Kier molecular flexibility index (Phi) is 4.38. The number of likely N-dealkylation sites (tertiary alicyclic amines) is 1. The van der Waals surface area contributed by atoms with Crippen molar-refractivity contribution < 1.29 is 9.59 Å². The minimum Gasteiger partial charge on any atom is -0.337 e. The second-order valence-corrected chi connectivity index (χ2v) is 8.14. The first-order valence-corrected chi connectivity index (χ1v) is 10.2. The minimum atomic E-state index is -0.133. The van der Waals surface area contributed by atoms with Crippen LogP contribution in [0.15, 0.2) is 41.6 Å². The van der Waals surface area contributed by atoms with Gasteiger partial charge in [-0.25, -0.2) is 15.4 Å². The summed E-state index contributed by atoms with van der Waals surface area (Å²) in [5, 5.41) is 4.00. The smallest absolute Gasteiger partial charge is 0.270 e. The van der Waals surface area contributed by atoms with Crippen molar-refractivity contribution in [3.63, 3.8) is 0 Å². The number of rotatable bonds is 2. The summed E-state index contributed by atoms with van der Waals surface area (Å²) in [6, 6.07) is 10.0. The highest BCUT2D eigenvalue weighted by Gasteiger charge is 2.45. The van der Waals surface area contributed by atoms with Crippen LogP contribution in [-0.2, 0) is 21.4 Å². The van der Waals surface area contributed by atoms with E-state index in [9.17, 15) is 9.59 Å². The normalized spacial score (nSPS) is 23.5. The van der Waals surface area contributed by atoms with E-state index >= 15 is 0 Å². The van der Waals surface area contributed by atoms with E-state index in [4.69, 9.17) is 4.98 Å². The number of nitrogens with one attached hydrogen (secondary N) is 1. The molecule has 0 radical (unpaired) electrons. The van der Waals surface area contributed by atoms with Gasteiger partial charge in [-0.15, -0.1) is 0 Å². The third-order valence-electron chi connectivity index (χ3n) is 6.29. The molecular formula is C22H23N5O2. The molecule has 7 heteroatoms. The number of amides is 2. The number of hydrogen-bond acceptors (Lipinski definition) is 5. The van der Waals surface area contributed by atoms with Crippen LogP contribution in [0.2, 0.25) is 0 Å². The molecule has 5 rings (SSSR count). The van der Waals surface area contributed by atoms with Crippen LogP contribution < -0.4 is 5.43 Å². The first-order chi connectivity index (χ1) is 14.1. The summed E-state index contributed by atoms with van der Waals surface area (Å²) in [4.78, 5) is 35.8. The summed E-state index contributed by atoms with van der Waals surface area (Å²) in [7, 11) is 0. The molecule has 0 bridgehead atoms. The van der Waals surface area contributed by atoms with Gasteiger partial charge in [-0.1, -0.05) is 30.3 Å². The van der Waals surface area contributed by atoms with Gasteiger partial charge < -0.3 is 4.90 Å². The molecule has 1 atom stereocenters. The Morgan fingerprint density at radius 2 is 1.97 bits per heavy atom. The van der Waals surface area contributed by atoms with Crippen LogP contribution >= 0.6 is 0 Å². The number of fused-ring (bicyclic) bond motifs is 2. The van der Waals surface area contributed by atoms with E-state index in [0.717, 1.165) is 49.3 Å². The van der Waals surface area contributed by atoms with E-state index in [1.54, 1.807) is 0 Å². The van der Waals surface area contributed by atoms with Gasteiger partial charge in [-0.05, 0) is 31.2 Å². The molecule has 2 aliphatic heterocycles. The molecule has 0 saturated carbocycles. The van der Waals surface area contributed by atoms with Crippen molar-refractivity contribution in [2.45, 2.75) is 43.9 Å². The molecule has 1 saturated heterocycles. The summed E-state index contributed by atoms with van der Waals surface area (Å²) in [6.07, 6.45) is 6.59. The standard InChI is InChI=1S/C22H23N5O2/c28-18-8-7-17(25-26-18)21(29)27-12-4-10-22(14-27)11-9-16-13-23-20(24-19(16)22)15-5-2-1-3-6-15/h1-3,5-6,13H,4,7-12,14H2,(H,26,28). The number of hydrazone groups is 1. The van der Waals surface area contributed by atoms with Crippen LogP contribution in [0.1, 0.15) is 43.4 Å². The van der Waals surface area contributed by atoms with Crippen molar-refractivity contribution in [2.24, 2.45) is 5.10 Å². The number of benzene rings is 1. The Labute approximate surface area is 169 Å². The highest BCUT2D eigenvalue weighted by molar-refractivity contribution is 6.39. The fourth-order valence-corrected chi connectivity index (χ4v) is 4.78. The van der Waals surface area contributed by atoms with E-state index in [1.807, 2.05) is 41.4 Å². The fraction of sp³-hybridized carbons (Fsp3) is 0.409. The van der Waals surface area contributed by atoms with Crippen molar-refractivity contribution in [1.82, 2.24) is 20.3 Å². The third kappa shape index (κ3) is 3.20. The van der Waals surface area contributed by atoms with Crippen molar-refractivity contribution in [3.05, 3.63) is 47.8 Å². The van der Waals surface area contributed by atoms with E-state index in [2.05, 4.69) is 15.5 Å². The lowest BCUT2D eigenvalue weighted by molar-refractivity contribution is -0.126. The van der Waals surface area contributed by atoms with Gasteiger partial charge in [0.05, 0.1) is 5.69 Å². The Balaban J connectivity index is 1.44. The molecule has 1 aromatic heterocycles. The molecule has 1 aliphatic carbocycles. The summed E-state index contributed by atoms with van der Waals surface area (Å²) in [5.74, 6) is 0.551. The number of aromatic nitrogens is 2. The molecule has 2 amide bonds. The van der Waals surface area contributed by atoms with Crippen LogP contribution in [0, 0.1) is 0 Å². The molecule has 1 N–H and O–H groups in total. The number of carbonyl (C=O) groups is 2. The second kappa shape index (κ2) is 7.06. The van der Waals surface area contributed by atoms with Gasteiger partial charge in [0, 0.05) is 43.1 Å². The summed E-state index contributed by atoms with van der Waals surface area (Å²) in [6.45, 7) is 1.37. The van der Waals surface area contributed by atoms with Gasteiger partial charge in [0.15, 0.2) is 5.82 Å². The zero-order valence-electron chi connectivity index (χ0n) is 16.2. The number of nitrogens with zero attached hydrogens (tertiary/aromatic N) is 4. The largest absolute Gasteiger partial charge is 0.337 e. The first kappa shape index (κ1) is 18.0. The summed E-state index contributed by atoms with van der Waals surface area (Å²) >= 11 is 0. The molecule has 1 aromatic carbocycles. The number of aryl methyl sites for hydroxylation is 1. The van der Waals surface area contributed by atoms with Crippen molar-refractivity contribution in [3.8, 4) is 11.4 Å². The first-order valence-electron chi connectivity index (χ1n) is 10.2. The molecule has 7 nitrogen and oxygen atoms in total. The lowest BCUT2D eigenvalue weighted by Crippen LogP contribution is -2.50. The highest BCUT2D eigenvalue weighted by Crippen LogP contribution is 2.44. The summed E-state index contributed by atoms with van der Waals surface area (Å²) in [5.41, 5.74) is 6.07. The van der Waals surface area contributed by atoms with Crippen LogP contribution in [0.5, 0.6) is 0 Å². The zero-order chi connectivity index (χ0) is 19.8. The summed E-state index contributed by atoms with van der Waals surface area (Å²) < 4.78 is 0. The molecule has 2 aromatic rings. The lowest BCUT2D eigenvalue weighted by atomic mass is 9.77. The van der Waals surface area contributed by atoms with E-state index in [-0.39, 0.29) is 17.2 Å². The van der Waals surface area contributed by atoms with Gasteiger partial charge >= 0.3 is 0 Å². The molecule has 1 fully saturated rings. The van der Waals surface area contributed by atoms with Crippen LogP contribution in [0.25, 0.3) is 11.4 Å². The Hall–Kier alpha value is -3.09. The predicted octanol–water partition coefficient (Wildman–Crippen LogP) is 2.22. The topological polar surface area (TPSA) is 87.6 Å². The lowest BCUT2D eigenvalue weighted by Gasteiger charge is -2.40. The van der Waals surface area contributed by atoms with Gasteiger partial charge in [-0.2, -0.15) is 5.10 Å². The molecule has 1 spiro atoms. The van der Waals surface area contributed by atoms with Gasteiger partial charge in [0.2, 0.25) is 5.91 Å². The fourth-order valence-electron chi connectivity index (χ4n) is 4.78. The Morgan fingerprint density at radius 1 is 1.10 bits per heavy atom. The van der Waals surface area contributed by atoms with E-state index < -0.39 is 0 Å². The average Bonchev–Trinajstić information content (AvgIpc) is 3.11. The molecule has 1 unspecified atom stereocenters. The SMILES string of the molecule is O=C1CCC(C(=O)N2CCCC3(CCc4cnc(-c5ccccc5)nc43)C2)=NN1. The maximum atomic E-state index is 13.0. The van der Waals surface area contributed by atoms with Crippen LogP contribution in [-0.4, -0.2) is 45.5 Å². The van der Waals surface area contributed by atoms with Crippen molar-refractivity contribution >= 4 is 17.5 Å². The van der Waals surface area contributed by atoms with E-state index in [0.29, 0.717) is 25.1 Å². The number of carbonyl (C=O) groups excluding carboxylic acids is 2. The maximum absolute atomic E-state index is 13.0. The van der Waals surface area contributed by atoms with Crippen LogP contribution in [0.4, 0.5) is 0 Å². The maximum Gasteiger partial charge on any atom is 0.270 e. The predicted molar refractivity (Wildman–Crippen MR) is 108 cm³/mol. The van der Waals surface area contributed by atoms with Crippen LogP contribution in [0.3, 0.4) is 0 Å². The van der Waals surface area contributed by atoms with Gasteiger partial charge in [0.1, 0.15) is 5.71 Å². The Bertz CT molecular complexity index is 1000. The molecule has 29 heavy (non-hydrogen) atoms. The van der Waals surface area contributed by atoms with E-state index in [1.165, 1.54) is 5.56 Å². The zero-order valence-corrected chi connectivity index (χ0v) is 16.2. The molecular weight excluding hydrogens is 366 g/mol.